The monoisotopic (exact) mass is 328 g/mol. The van der Waals surface area contributed by atoms with Crippen molar-refractivity contribution in [2.45, 2.75) is 36.8 Å². The minimum Gasteiger partial charge on any atom is -0.424 e. The van der Waals surface area contributed by atoms with E-state index in [0.29, 0.717) is 30.0 Å². The van der Waals surface area contributed by atoms with Crippen LogP contribution < -0.4 is 0 Å². The van der Waals surface area contributed by atoms with Crippen LogP contribution in [0.4, 0.5) is 0 Å². The molecular weight excluding hydrogens is 312 g/mol. The minimum atomic E-state index is 0.501. The minimum absolute atomic E-state index is 0.501. The first kappa shape index (κ1) is 14.4. The van der Waals surface area contributed by atoms with Crippen molar-refractivity contribution in [3.63, 3.8) is 0 Å². The van der Waals surface area contributed by atoms with Crippen LogP contribution >= 0.6 is 11.8 Å². The quantitative estimate of drug-likeness (QED) is 0.658. The third-order valence-corrected chi connectivity index (χ3v) is 4.53. The number of rotatable bonds is 7. The molecule has 23 heavy (non-hydrogen) atoms. The third kappa shape index (κ3) is 3.58. The Morgan fingerprint density at radius 2 is 1.87 bits per heavy atom. The van der Waals surface area contributed by atoms with Crippen LogP contribution in [0.3, 0.4) is 0 Å². The molecule has 0 aliphatic heterocycles. The molecule has 1 aromatic carbocycles. The largest absolute Gasteiger partial charge is 0.424 e. The average Bonchev–Trinajstić information content (AvgIpc) is 3.15. The summed E-state index contributed by atoms with van der Waals surface area (Å²) in [6, 6.07) is 10.6. The lowest BCUT2D eigenvalue weighted by atomic mass is 10.2. The molecule has 1 saturated carbocycles. The summed E-state index contributed by atoms with van der Waals surface area (Å²) in [7, 11) is 0. The van der Waals surface area contributed by atoms with E-state index in [1.807, 2.05) is 22.9 Å². The van der Waals surface area contributed by atoms with Gasteiger partial charge in [-0.25, -0.2) is 4.68 Å². The lowest BCUT2D eigenvalue weighted by Gasteiger charge is -2.00. The lowest BCUT2D eigenvalue weighted by molar-refractivity contribution is 0.474. The molecular formula is C15H16N6OS. The lowest BCUT2D eigenvalue weighted by Crippen LogP contribution is -2.02. The van der Waals surface area contributed by atoms with Gasteiger partial charge in [-0.15, -0.1) is 27.1 Å². The number of thioether (sulfide) groups is 1. The molecule has 4 rings (SSSR count). The van der Waals surface area contributed by atoms with Gasteiger partial charge < -0.3 is 4.42 Å². The first-order chi connectivity index (χ1) is 11.4. The van der Waals surface area contributed by atoms with Crippen LogP contribution in [0.25, 0.3) is 0 Å². The van der Waals surface area contributed by atoms with Crippen molar-refractivity contribution in [1.82, 2.24) is 30.4 Å². The van der Waals surface area contributed by atoms with Crippen LogP contribution in [0.15, 0.2) is 34.7 Å². The first-order valence-electron chi connectivity index (χ1n) is 7.58. The second kappa shape index (κ2) is 6.49. The third-order valence-electron chi connectivity index (χ3n) is 3.62. The van der Waals surface area contributed by atoms with Gasteiger partial charge in [0.1, 0.15) is 0 Å². The zero-order valence-electron chi connectivity index (χ0n) is 12.5. The normalized spacial score (nSPS) is 14.3. The fraction of sp³-hybridized carbons (Fsp3) is 0.400. The van der Waals surface area contributed by atoms with Crippen LogP contribution in [0.1, 0.15) is 42.1 Å². The molecule has 0 amide bonds. The van der Waals surface area contributed by atoms with Gasteiger partial charge in [-0.1, -0.05) is 30.3 Å². The Morgan fingerprint density at radius 3 is 2.70 bits per heavy atom. The number of nitrogens with zero attached hydrogens (tertiary/aromatic N) is 6. The van der Waals surface area contributed by atoms with Crippen molar-refractivity contribution in [3.05, 3.63) is 53.5 Å². The topological polar surface area (TPSA) is 82.5 Å². The summed E-state index contributed by atoms with van der Waals surface area (Å²) in [5, 5.41) is 20.1. The average molecular weight is 328 g/mol. The molecule has 0 N–H and O–H groups in total. The highest BCUT2D eigenvalue weighted by atomic mass is 32.2. The van der Waals surface area contributed by atoms with E-state index >= 15 is 0 Å². The van der Waals surface area contributed by atoms with E-state index in [0.717, 1.165) is 11.6 Å². The highest BCUT2D eigenvalue weighted by Gasteiger charge is 2.27. The Morgan fingerprint density at radius 1 is 1.04 bits per heavy atom. The van der Waals surface area contributed by atoms with Crippen molar-refractivity contribution in [2.75, 3.05) is 0 Å². The molecule has 0 unspecified atom stereocenters. The molecule has 1 aliphatic rings. The van der Waals surface area contributed by atoms with Crippen LogP contribution in [0.2, 0.25) is 0 Å². The number of aromatic nitrogens is 6. The van der Waals surface area contributed by atoms with Gasteiger partial charge in [-0.3, -0.25) is 0 Å². The summed E-state index contributed by atoms with van der Waals surface area (Å²) < 4.78 is 7.63. The van der Waals surface area contributed by atoms with E-state index in [2.05, 4.69) is 37.9 Å². The van der Waals surface area contributed by atoms with Gasteiger partial charge in [-0.2, -0.15) is 0 Å². The fourth-order valence-electron chi connectivity index (χ4n) is 2.33. The molecule has 3 aromatic rings. The van der Waals surface area contributed by atoms with Gasteiger partial charge in [0.25, 0.3) is 0 Å². The predicted molar refractivity (Wildman–Crippen MR) is 84.6 cm³/mol. The van der Waals surface area contributed by atoms with Gasteiger partial charge in [-0.05, 0) is 28.8 Å². The Bertz CT molecular complexity index is 767. The van der Waals surface area contributed by atoms with E-state index < -0.39 is 0 Å². The van der Waals surface area contributed by atoms with Crippen LogP contribution in [0.5, 0.6) is 0 Å². The summed E-state index contributed by atoms with van der Waals surface area (Å²) in [5.74, 6) is 3.63. The van der Waals surface area contributed by atoms with Crippen molar-refractivity contribution >= 4 is 11.8 Å². The molecule has 2 aromatic heterocycles. The predicted octanol–water partition coefficient (Wildman–Crippen LogP) is 2.42. The van der Waals surface area contributed by atoms with Crippen molar-refractivity contribution in [3.8, 4) is 0 Å². The number of hydrogen-bond acceptors (Lipinski definition) is 7. The Labute approximate surface area is 137 Å². The molecule has 118 valence electrons. The van der Waals surface area contributed by atoms with E-state index in [4.69, 9.17) is 4.42 Å². The van der Waals surface area contributed by atoms with Gasteiger partial charge in [0.2, 0.25) is 11.8 Å². The molecule has 1 fully saturated rings. The molecule has 7 nitrogen and oxygen atoms in total. The molecule has 1 aliphatic carbocycles. The molecule has 0 bridgehead atoms. The molecule has 0 radical (unpaired) electrons. The standard InChI is InChI=1S/C15H16N6OS/c1-2-4-11(5-3-1)8-14-17-18-15(22-14)10-23-9-13-16-19-20-21(13)12-6-7-12/h1-5,12H,6-10H2. The highest BCUT2D eigenvalue weighted by Crippen LogP contribution is 2.35. The summed E-state index contributed by atoms with van der Waals surface area (Å²) in [6.07, 6.45) is 3.02. The Hall–Kier alpha value is -2.22. The maximum absolute atomic E-state index is 5.70. The van der Waals surface area contributed by atoms with Crippen molar-refractivity contribution in [1.29, 1.82) is 0 Å². The molecule has 0 saturated heterocycles. The Kier molecular flexibility index (Phi) is 4.06. The maximum atomic E-state index is 5.70. The second-order valence-corrected chi connectivity index (χ2v) is 6.50. The molecule has 0 atom stereocenters. The summed E-state index contributed by atoms with van der Waals surface area (Å²) >= 11 is 1.68. The number of hydrogen-bond donors (Lipinski definition) is 0. The fourth-order valence-corrected chi connectivity index (χ4v) is 3.09. The Balaban J connectivity index is 1.30. The van der Waals surface area contributed by atoms with Gasteiger partial charge in [0.15, 0.2) is 5.82 Å². The van der Waals surface area contributed by atoms with Gasteiger partial charge >= 0.3 is 0 Å². The molecule has 0 spiro atoms. The second-order valence-electron chi connectivity index (χ2n) is 5.52. The zero-order valence-corrected chi connectivity index (χ0v) is 13.3. The highest BCUT2D eigenvalue weighted by molar-refractivity contribution is 7.97. The molecule has 8 heteroatoms. The van der Waals surface area contributed by atoms with Gasteiger partial charge in [0.05, 0.1) is 24.0 Å². The number of benzene rings is 1. The van der Waals surface area contributed by atoms with E-state index in [1.54, 1.807) is 11.8 Å². The molecule has 2 heterocycles. The van der Waals surface area contributed by atoms with Crippen LogP contribution in [-0.4, -0.2) is 30.4 Å². The smallest absolute Gasteiger partial charge is 0.226 e. The van der Waals surface area contributed by atoms with Crippen molar-refractivity contribution in [2.24, 2.45) is 0 Å². The van der Waals surface area contributed by atoms with Crippen molar-refractivity contribution < 1.29 is 4.42 Å². The first-order valence-corrected chi connectivity index (χ1v) is 8.73. The van der Waals surface area contributed by atoms with E-state index in [1.165, 1.54) is 18.4 Å². The number of tetrazole rings is 1. The van der Waals surface area contributed by atoms with E-state index in [-0.39, 0.29) is 0 Å². The zero-order chi connectivity index (χ0) is 15.5. The van der Waals surface area contributed by atoms with Crippen LogP contribution in [-0.2, 0) is 17.9 Å². The SMILES string of the molecule is c1ccc(Cc2nnc(CSCc3nnnn3C3CC3)o2)cc1. The van der Waals surface area contributed by atoms with Crippen LogP contribution in [0, 0.1) is 0 Å². The van der Waals surface area contributed by atoms with E-state index in [9.17, 15) is 0 Å². The van der Waals surface area contributed by atoms with Gasteiger partial charge in [0, 0.05) is 0 Å². The summed E-state index contributed by atoms with van der Waals surface area (Å²) in [4.78, 5) is 0. The summed E-state index contributed by atoms with van der Waals surface area (Å²) in [5.41, 5.74) is 1.17. The maximum Gasteiger partial charge on any atom is 0.226 e. The summed E-state index contributed by atoms with van der Waals surface area (Å²) in [6.45, 7) is 0.